The minimum absolute atomic E-state index is 0.0386. The predicted octanol–water partition coefficient (Wildman–Crippen LogP) is 4.32. The van der Waals surface area contributed by atoms with Crippen molar-refractivity contribution < 1.29 is 22.7 Å². The number of ether oxygens (including phenoxy) is 1. The molecule has 0 spiro atoms. The zero-order valence-corrected chi connectivity index (χ0v) is 23.3. The van der Waals surface area contributed by atoms with Gasteiger partial charge in [-0.25, -0.2) is 13.1 Å². The van der Waals surface area contributed by atoms with Crippen LogP contribution in [0.2, 0.25) is 0 Å². The van der Waals surface area contributed by atoms with E-state index in [0.29, 0.717) is 22.2 Å². The zero-order valence-electron chi connectivity index (χ0n) is 21.6. The van der Waals surface area contributed by atoms with Crippen molar-refractivity contribution in [1.29, 1.82) is 0 Å². The van der Waals surface area contributed by atoms with E-state index in [0.717, 1.165) is 17.3 Å². The van der Waals surface area contributed by atoms with Crippen molar-refractivity contribution in [3.05, 3.63) is 83.4 Å². The van der Waals surface area contributed by atoms with E-state index in [9.17, 15) is 18.0 Å². The minimum atomic E-state index is -4.18. The number of nitrogens with zero attached hydrogens (tertiary/aromatic N) is 3. The van der Waals surface area contributed by atoms with Crippen molar-refractivity contribution in [2.75, 3.05) is 14.1 Å². The topological polar surface area (TPSA) is 119 Å². The highest BCUT2D eigenvalue weighted by molar-refractivity contribution is 7.90. The standard InChI is InChI=1S/C27H28N4O5S2/c1-27(2,3)19-9-13-21(14-10-19)38(34,35)30-25(32)24(18-8-15-22-23(16-18)29-37-28-22)36-20-11-6-17(7-12-20)26(33)31(4)5/h6-16,24H,1-5H3,(H,30,32). The van der Waals surface area contributed by atoms with Gasteiger partial charge in [0.2, 0.25) is 6.10 Å². The van der Waals surface area contributed by atoms with E-state index in [1.165, 1.54) is 17.0 Å². The molecule has 11 heteroatoms. The van der Waals surface area contributed by atoms with Crippen LogP contribution in [0.3, 0.4) is 0 Å². The molecular weight excluding hydrogens is 524 g/mol. The molecule has 38 heavy (non-hydrogen) atoms. The smallest absolute Gasteiger partial charge is 0.279 e. The Balaban J connectivity index is 1.64. The lowest BCUT2D eigenvalue weighted by molar-refractivity contribution is -0.126. The summed E-state index contributed by atoms with van der Waals surface area (Å²) in [5, 5.41) is 0. The van der Waals surface area contributed by atoms with Gasteiger partial charge in [0.1, 0.15) is 16.8 Å². The SMILES string of the molecule is CN(C)C(=O)c1ccc(OC(C(=O)NS(=O)(=O)c2ccc(C(C)(C)C)cc2)c2ccc3nsnc3c2)cc1. The lowest BCUT2D eigenvalue weighted by atomic mass is 9.87. The summed E-state index contributed by atoms with van der Waals surface area (Å²) in [6.45, 7) is 6.08. The molecule has 0 fully saturated rings. The molecule has 1 unspecified atom stereocenters. The van der Waals surface area contributed by atoms with Crippen LogP contribution in [-0.4, -0.2) is 48.0 Å². The van der Waals surface area contributed by atoms with Gasteiger partial charge < -0.3 is 9.64 Å². The molecule has 0 saturated carbocycles. The van der Waals surface area contributed by atoms with Crippen LogP contribution in [0.1, 0.15) is 48.4 Å². The van der Waals surface area contributed by atoms with Gasteiger partial charge in [0.15, 0.2) is 0 Å². The minimum Gasteiger partial charge on any atom is -0.476 e. The van der Waals surface area contributed by atoms with Gasteiger partial charge >= 0.3 is 0 Å². The summed E-state index contributed by atoms with van der Waals surface area (Å²) in [5.74, 6) is -0.777. The van der Waals surface area contributed by atoms with Gasteiger partial charge in [-0.1, -0.05) is 39.0 Å². The second kappa shape index (κ2) is 10.5. The summed E-state index contributed by atoms with van der Waals surface area (Å²) in [6, 6.07) is 17.6. The van der Waals surface area contributed by atoms with Gasteiger partial charge in [0.05, 0.1) is 16.6 Å². The van der Waals surface area contributed by atoms with Crippen molar-refractivity contribution in [3.8, 4) is 5.75 Å². The van der Waals surface area contributed by atoms with Crippen LogP contribution in [0.25, 0.3) is 11.0 Å². The number of amides is 2. The molecule has 2 amide bonds. The van der Waals surface area contributed by atoms with E-state index in [2.05, 4.69) is 13.5 Å². The summed E-state index contributed by atoms with van der Waals surface area (Å²) >= 11 is 1.03. The molecule has 0 aliphatic rings. The van der Waals surface area contributed by atoms with Crippen LogP contribution in [0.4, 0.5) is 0 Å². The third kappa shape index (κ3) is 6.00. The first kappa shape index (κ1) is 27.2. The Labute approximate surface area is 225 Å². The molecule has 0 aliphatic heterocycles. The first-order valence-electron chi connectivity index (χ1n) is 11.7. The largest absolute Gasteiger partial charge is 0.476 e. The van der Waals surface area contributed by atoms with E-state index in [4.69, 9.17) is 4.74 Å². The Morgan fingerprint density at radius 1 is 0.921 bits per heavy atom. The van der Waals surface area contributed by atoms with Crippen molar-refractivity contribution in [2.24, 2.45) is 0 Å². The Morgan fingerprint density at radius 3 is 2.16 bits per heavy atom. The number of aromatic nitrogens is 2. The highest BCUT2D eigenvalue weighted by Gasteiger charge is 2.29. The van der Waals surface area contributed by atoms with Crippen molar-refractivity contribution >= 4 is 44.6 Å². The first-order chi connectivity index (χ1) is 17.8. The first-order valence-corrected chi connectivity index (χ1v) is 13.9. The molecule has 0 saturated heterocycles. The maximum atomic E-state index is 13.4. The van der Waals surface area contributed by atoms with Gasteiger partial charge in [0.25, 0.3) is 21.8 Å². The molecule has 4 aromatic rings. The fourth-order valence-electron chi connectivity index (χ4n) is 3.68. The van der Waals surface area contributed by atoms with Gasteiger partial charge in [-0.15, -0.1) is 0 Å². The van der Waals surface area contributed by atoms with E-state index in [-0.39, 0.29) is 22.0 Å². The summed E-state index contributed by atoms with van der Waals surface area (Å²) in [4.78, 5) is 27.0. The normalized spacial score (nSPS) is 12.7. The van der Waals surface area contributed by atoms with E-state index < -0.39 is 22.0 Å². The molecule has 1 heterocycles. The molecule has 1 atom stereocenters. The molecule has 3 aromatic carbocycles. The molecule has 0 radical (unpaired) electrons. The maximum Gasteiger partial charge on any atom is 0.279 e. The van der Waals surface area contributed by atoms with Gasteiger partial charge in [-0.3, -0.25) is 9.59 Å². The summed E-state index contributed by atoms with van der Waals surface area (Å²) in [7, 11) is -0.889. The summed E-state index contributed by atoms with van der Waals surface area (Å²) in [6.07, 6.45) is -1.32. The van der Waals surface area contributed by atoms with Gasteiger partial charge in [0, 0.05) is 25.2 Å². The van der Waals surface area contributed by atoms with E-state index in [1.54, 1.807) is 68.7 Å². The molecule has 0 aliphatic carbocycles. The van der Waals surface area contributed by atoms with Crippen LogP contribution < -0.4 is 9.46 Å². The average Bonchev–Trinajstić information content (AvgIpc) is 3.34. The van der Waals surface area contributed by atoms with Crippen LogP contribution in [0.15, 0.2) is 71.6 Å². The summed E-state index contributed by atoms with van der Waals surface area (Å²) < 4.78 is 42.7. The Bertz CT molecular complexity index is 1570. The maximum absolute atomic E-state index is 13.4. The van der Waals surface area contributed by atoms with Crippen LogP contribution in [0.5, 0.6) is 5.75 Å². The molecule has 1 N–H and O–H groups in total. The molecule has 4 rings (SSSR count). The Kier molecular flexibility index (Phi) is 7.52. The van der Waals surface area contributed by atoms with Crippen LogP contribution in [0, 0.1) is 0 Å². The average molecular weight is 553 g/mol. The van der Waals surface area contributed by atoms with Gasteiger partial charge in [-0.2, -0.15) is 8.75 Å². The Hall–Kier alpha value is -3.83. The van der Waals surface area contributed by atoms with Crippen LogP contribution >= 0.6 is 11.7 Å². The predicted molar refractivity (Wildman–Crippen MR) is 146 cm³/mol. The molecular formula is C27H28N4O5S2. The molecule has 9 nitrogen and oxygen atoms in total. The number of hydrogen-bond donors (Lipinski definition) is 1. The number of carbonyl (C=O) groups is 2. The van der Waals surface area contributed by atoms with Crippen molar-refractivity contribution in [2.45, 2.75) is 37.2 Å². The second-order valence-electron chi connectivity index (χ2n) is 9.98. The van der Waals surface area contributed by atoms with Gasteiger partial charge in [-0.05, 0) is 59.5 Å². The van der Waals surface area contributed by atoms with Crippen LogP contribution in [-0.2, 0) is 20.2 Å². The fraction of sp³-hybridized carbons (Fsp3) is 0.259. The third-order valence-electron chi connectivity index (χ3n) is 5.85. The third-order valence-corrected chi connectivity index (χ3v) is 7.77. The molecule has 1 aromatic heterocycles. The monoisotopic (exact) mass is 552 g/mol. The Morgan fingerprint density at radius 2 is 1.55 bits per heavy atom. The summed E-state index contributed by atoms with van der Waals surface area (Å²) in [5.41, 5.74) is 2.86. The number of carbonyl (C=O) groups excluding carboxylic acids is 2. The van der Waals surface area contributed by atoms with E-state index >= 15 is 0 Å². The number of fused-ring (bicyclic) bond motifs is 1. The lowest BCUT2D eigenvalue weighted by Gasteiger charge is -2.21. The quantitative estimate of drug-likeness (QED) is 0.363. The van der Waals surface area contributed by atoms with Crippen molar-refractivity contribution in [1.82, 2.24) is 18.4 Å². The number of rotatable bonds is 7. The molecule has 198 valence electrons. The zero-order chi connectivity index (χ0) is 27.7. The fourth-order valence-corrected chi connectivity index (χ4v) is 5.19. The highest BCUT2D eigenvalue weighted by Crippen LogP contribution is 2.27. The number of hydrogen-bond acceptors (Lipinski definition) is 8. The molecule has 0 bridgehead atoms. The number of nitrogens with one attached hydrogen (secondary N) is 1. The number of sulfonamides is 1. The lowest BCUT2D eigenvalue weighted by Crippen LogP contribution is -2.37. The van der Waals surface area contributed by atoms with E-state index in [1.807, 2.05) is 20.8 Å². The highest BCUT2D eigenvalue weighted by atomic mass is 32.2. The van der Waals surface area contributed by atoms with Crippen molar-refractivity contribution in [3.63, 3.8) is 0 Å². The number of benzene rings is 3. The second-order valence-corrected chi connectivity index (χ2v) is 12.2.